The van der Waals surface area contributed by atoms with Crippen LogP contribution in [0.4, 0.5) is 4.39 Å². The minimum absolute atomic E-state index is 0.0915. The highest BCUT2D eigenvalue weighted by molar-refractivity contribution is 7.98. The second-order valence-corrected chi connectivity index (χ2v) is 4.53. The van der Waals surface area contributed by atoms with Crippen molar-refractivity contribution in [1.82, 2.24) is 5.32 Å². The zero-order valence-corrected chi connectivity index (χ0v) is 9.66. The lowest BCUT2D eigenvalue weighted by molar-refractivity contribution is 0.407. The number of methoxy groups -OCH3 is 1. The Bertz CT molecular complexity index is 370. The number of ether oxygens (including phenoxy) is 1. The molecule has 0 aliphatic carbocycles. The van der Waals surface area contributed by atoms with Crippen molar-refractivity contribution in [2.24, 2.45) is 0 Å². The highest BCUT2D eigenvalue weighted by Crippen LogP contribution is 2.38. The van der Waals surface area contributed by atoms with E-state index < -0.39 is 0 Å². The molecular weight excluding hydrogens is 213 g/mol. The molecule has 0 aromatic heterocycles. The molecule has 0 bridgehead atoms. The van der Waals surface area contributed by atoms with Gasteiger partial charge in [-0.2, -0.15) is 11.8 Å². The highest BCUT2D eigenvalue weighted by atomic mass is 32.2. The van der Waals surface area contributed by atoms with Crippen molar-refractivity contribution >= 4 is 11.8 Å². The molecule has 1 unspecified atom stereocenters. The molecule has 0 saturated carbocycles. The van der Waals surface area contributed by atoms with Crippen LogP contribution in [0.5, 0.6) is 5.75 Å². The van der Waals surface area contributed by atoms with Gasteiger partial charge in [0.1, 0.15) is 11.6 Å². The molecule has 4 heteroatoms. The molecule has 2 nitrogen and oxygen atoms in total. The van der Waals surface area contributed by atoms with Gasteiger partial charge in [0.15, 0.2) is 0 Å². The second-order valence-electron chi connectivity index (χ2n) is 3.50. The van der Waals surface area contributed by atoms with Gasteiger partial charge in [-0.05, 0) is 19.2 Å². The van der Waals surface area contributed by atoms with Crippen molar-refractivity contribution < 1.29 is 9.13 Å². The lowest BCUT2D eigenvalue weighted by atomic mass is 10.00. The molecule has 0 saturated heterocycles. The Morgan fingerprint density at radius 2 is 2.33 bits per heavy atom. The number of hydrogen-bond donors (Lipinski definition) is 1. The summed E-state index contributed by atoms with van der Waals surface area (Å²) in [6, 6.07) is 3.28. The summed E-state index contributed by atoms with van der Waals surface area (Å²) in [4.78, 5) is 0. The SMILES string of the molecule is CNC1CSCc2c(OC)ccc(F)c21. The predicted molar refractivity (Wildman–Crippen MR) is 60.9 cm³/mol. The third-order valence-corrected chi connectivity index (χ3v) is 3.77. The van der Waals surface area contributed by atoms with E-state index in [0.29, 0.717) is 0 Å². The maximum absolute atomic E-state index is 13.7. The third kappa shape index (κ3) is 1.84. The van der Waals surface area contributed by atoms with Crippen molar-refractivity contribution in [1.29, 1.82) is 0 Å². The largest absolute Gasteiger partial charge is 0.496 e. The fourth-order valence-corrected chi connectivity index (χ4v) is 3.11. The Morgan fingerprint density at radius 1 is 1.53 bits per heavy atom. The zero-order chi connectivity index (χ0) is 10.8. The number of halogens is 1. The maximum Gasteiger partial charge on any atom is 0.128 e. The second kappa shape index (κ2) is 4.41. The van der Waals surface area contributed by atoms with Gasteiger partial charge < -0.3 is 10.1 Å². The molecule has 1 heterocycles. The molecule has 1 aliphatic heterocycles. The molecule has 82 valence electrons. The summed E-state index contributed by atoms with van der Waals surface area (Å²) in [5.41, 5.74) is 1.77. The molecule has 1 aliphatic rings. The average molecular weight is 227 g/mol. The summed E-state index contributed by atoms with van der Waals surface area (Å²) in [5, 5.41) is 3.14. The Labute approximate surface area is 93.2 Å². The lowest BCUT2D eigenvalue weighted by Gasteiger charge is -2.26. The number of hydrogen-bond acceptors (Lipinski definition) is 3. The van der Waals surface area contributed by atoms with Crippen molar-refractivity contribution in [2.75, 3.05) is 19.9 Å². The van der Waals surface area contributed by atoms with Crippen LogP contribution in [0.2, 0.25) is 0 Å². The van der Waals surface area contributed by atoms with Crippen molar-refractivity contribution in [3.8, 4) is 5.75 Å². The topological polar surface area (TPSA) is 21.3 Å². The lowest BCUT2D eigenvalue weighted by Crippen LogP contribution is -2.24. The Balaban J connectivity index is 2.53. The highest BCUT2D eigenvalue weighted by Gasteiger charge is 2.25. The first-order valence-electron chi connectivity index (χ1n) is 4.88. The van der Waals surface area contributed by atoms with Crippen molar-refractivity contribution in [2.45, 2.75) is 11.8 Å². The number of nitrogens with one attached hydrogen (secondary N) is 1. The minimum atomic E-state index is -0.134. The minimum Gasteiger partial charge on any atom is -0.496 e. The summed E-state index contributed by atoms with van der Waals surface area (Å²) in [7, 11) is 3.49. The summed E-state index contributed by atoms with van der Waals surface area (Å²) in [6.45, 7) is 0. The summed E-state index contributed by atoms with van der Waals surface area (Å²) < 4.78 is 19.0. The monoisotopic (exact) mass is 227 g/mol. The van der Waals surface area contributed by atoms with E-state index in [-0.39, 0.29) is 11.9 Å². The molecule has 0 amide bonds. The molecule has 1 atom stereocenters. The molecule has 1 aromatic carbocycles. The van der Waals surface area contributed by atoms with E-state index in [1.165, 1.54) is 6.07 Å². The van der Waals surface area contributed by atoms with Crippen LogP contribution in [-0.4, -0.2) is 19.9 Å². The van der Waals surface area contributed by atoms with Crippen LogP contribution in [0.3, 0.4) is 0 Å². The normalized spacial score (nSPS) is 19.8. The number of fused-ring (bicyclic) bond motifs is 1. The molecule has 1 N–H and O–H groups in total. The van der Waals surface area contributed by atoms with E-state index in [9.17, 15) is 4.39 Å². The quantitative estimate of drug-likeness (QED) is 0.838. The van der Waals surface area contributed by atoms with Crippen LogP contribution < -0.4 is 10.1 Å². The first kappa shape index (κ1) is 10.8. The van der Waals surface area contributed by atoms with Gasteiger partial charge in [0.05, 0.1) is 7.11 Å². The average Bonchev–Trinajstić information content (AvgIpc) is 2.29. The van der Waals surface area contributed by atoms with Crippen molar-refractivity contribution in [3.63, 3.8) is 0 Å². The number of benzene rings is 1. The smallest absolute Gasteiger partial charge is 0.128 e. The molecular formula is C11H14FNOS. The van der Waals surface area contributed by atoms with Gasteiger partial charge in [0, 0.05) is 28.7 Å². The maximum atomic E-state index is 13.7. The standard InChI is InChI=1S/C11H14FNOS/c1-13-9-6-15-5-7-10(14-2)4-3-8(12)11(7)9/h3-4,9,13H,5-6H2,1-2H3. The van der Waals surface area contributed by atoms with E-state index in [1.807, 2.05) is 7.05 Å². The van der Waals surface area contributed by atoms with E-state index >= 15 is 0 Å². The molecule has 2 rings (SSSR count). The molecule has 1 aromatic rings. The van der Waals surface area contributed by atoms with Gasteiger partial charge in [-0.25, -0.2) is 4.39 Å². The molecule has 0 fully saturated rings. The number of rotatable bonds is 2. The van der Waals surface area contributed by atoms with Gasteiger partial charge in [0.2, 0.25) is 0 Å². The van der Waals surface area contributed by atoms with Crippen LogP contribution in [-0.2, 0) is 5.75 Å². The first-order chi connectivity index (χ1) is 7.27. The van der Waals surface area contributed by atoms with Crippen molar-refractivity contribution in [3.05, 3.63) is 29.1 Å². The third-order valence-electron chi connectivity index (χ3n) is 2.71. The Hall–Kier alpha value is -0.740. The van der Waals surface area contributed by atoms with E-state index in [4.69, 9.17) is 4.74 Å². The Morgan fingerprint density at radius 3 is 3.00 bits per heavy atom. The van der Waals surface area contributed by atoms with Gasteiger partial charge in [-0.15, -0.1) is 0 Å². The first-order valence-corrected chi connectivity index (χ1v) is 6.03. The summed E-state index contributed by atoms with van der Waals surface area (Å²) in [6.07, 6.45) is 0. The van der Waals surface area contributed by atoms with E-state index in [1.54, 1.807) is 24.9 Å². The van der Waals surface area contributed by atoms with Gasteiger partial charge in [-0.3, -0.25) is 0 Å². The van der Waals surface area contributed by atoms with Crippen LogP contribution in [0.15, 0.2) is 12.1 Å². The number of thioether (sulfide) groups is 1. The van der Waals surface area contributed by atoms with E-state index in [2.05, 4.69) is 5.32 Å². The van der Waals surface area contributed by atoms with E-state index in [0.717, 1.165) is 28.4 Å². The van der Waals surface area contributed by atoms with Gasteiger partial charge >= 0.3 is 0 Å². The predicted octanol–water partition coefficient (Wildman–Crippen LogP) is 2.34. The zero-order valence-electron chi connectivity index (χ0n) is 8.84. The van der Waals surface area contributed by atoms with Crippen LogP contribution in [0, 0.1) is 5.82 Å². The summed E-state index contributed by atoms with van der Waals surface area (Å²) in [5.74, 6) is 2.39. The van der Waals surface area contributed by atoms with Gasteiger partial charge in [0.25, 0.3) is 0 Å². The Kier molecular flexibility index (Phi) is 3.17. The fraction of sp³-hybridized carbons (Fsp3) is 0.455. The summed E-state index contributed by atoms with van der Waals surface area (Å²) >= 11 is 1.80. The molecule has 15 heavy (non-hydrogen) atoms. The van der Waals surface area contributed by atoms with Crippen LogP contribution in [0.25, 0.3) is 0 Å². The van der Waals surface area contributed by atoms with Crippen LogP contribution >= 0.6 is 11.8 Å². The fourth-order valence-electron chi connectivity index (χ4n) is 1.92. The molecule has 0 spiro atoms. The van der Waals surface area contributed by atoms with Gasteiger partial charge in [-0.1, -0.05) is 0 Å². The van der Waals surface area contributed by atoms with Crippen LogP contribution in [0.1, 0.15) is 17.2 Å². The molecule has 0 radical (unpaired) electrons.